The van der Waals surface area contributed by atoms with Gasteiger partial charge in [0.1, 0.15) is 17.1 Å². The summed E-state index contributed by atoms with van der Waals surface area (Å²) in [5, 5.41) is 2.99. The Morgan fingerprint density at radius 2 is 1.90 bits per heavy atom. The number of ketones is 1. The van der Waals surface area contributed by atoms with Crippen molar-refractivity contribution in [2.75, 3.05) is 7.11 Å². The summed E-state index contributed by atoms with van der Waals surface area (Å²) < 4.78 is 57.5. The fourth-order valence-electron chi connectivity index (χ4n) is 3.05. The number of aromatic nitrogens is 1. The van der Waals surface area contributed by atoms with Gasteiger partial charge < -0.3 is 10.1 Å². The van der Waals surface area contributed by atoms with Gasteiger partial charge in [0.2, 0.25) is 0 Å². The number of carbonyl (C=O) groups is 2. The number of pyridine rings is 1. The first-order valence-electron chi connectivity index (χ1n) is 8.76. The summed E-state index contributed by atoms with van der Waals surface area (Å²) in [6.07, 6.45) is -2.01. The van der Waals surface area contributed by atoms with Crippen LogP contribution in [0.5, 0.6) is 5.75 Å². The molecule has 3 rings (SSSR count). The molecule has 0 aliphatic heterocycles. The fraction of sp³-hybridized carbons (Fsp3) is 0.190. The molecule has 9 heteroatoms. The lowest BCUT2D eigenvalue weighted by Crippen LogP contribution is -2.38. The van der Waals surface area contributed by atoms with Crippen molar-refractivity contribution in [3.05, 3.63) is 71.3 Å². The van der Waals surface area contributed by atoms with Gasteiger partial charge in [0.25, 0.3) is 0 Å². The van der Waals surface area contributed by atoms with Crippen LogP contribution in [0, 0.1) is 5.82 Å². The van der Waals surface area contributed by atoms with Crippen molar-refractivity contribution in [1.29, 1.82) is 0 Å². The SMILES string of the molecule is COc1cc(C(C)NC(=O)C(F)(F)F)cc(F)c1C(=O)c1cccc2cnccc12. The lowest BCUT2D eigenvalue weighted by atomic mass is 9.95. The van der Waals surface area contributed by atoms with Crippen molar-refractivity contribution >= 4 is 22.5 Å². The zero-order chi connectivity index (χ0) is 22.1. The van der Waals surface area contributed by atoms with Crippen LogP contribution in [0.1, 0.15) is 34.5 Å². The first-order valence-corrected chi connectivity index (χ1v) is 8.76. The molecule has 1 unspecified atom stereocenters. The Kier molecular flexibility index (Phi) is 5.73. The normalized spacial score (nSPS) is 12.5. The fourth-order valence-corrected chi connectivity index (χ4v) is 3.05. The second-order valence-electron chi connectivity index (χ2n) is 6.50. The van der Waals surface area contributed by atoms with Crippen LogP contribution in [0.4, 0.5) is 17.6 Å². The van der Waals surface area contributed by atoms with Gasteiger partial charge in [-0.1, -0.05) is 18.2 Å². The second-order valence-corrected chi connectivity index (χ2v) is 6.50. The standard InChI is InChI=1S/C21H16F4N2O3/c1-11(27-20(29)21(23,24)25)13-8-16(22)18(17(9-13)30-2)19(28)15-5-3-4-12-10-26-7-6-14(12)15/h3-11H,1-2H3,(H,27,29). The number of nitrogens with one attached hydrogen (secondary N) is 1. The summed E-state index contributed by atoms with van der Waals surface area (Å²) in [5.74, 6) is -3.94. The number of hydrogen-bond donors (Lipinski definition) is 1. The van der Waals surface area contributed by atoms with Crippen LogP contribution in [-0.4, -0.2) is 30.0 Å². The molecule has 1 aromatic heterocycles. The number of benzene rings is 2. The van der Waals surface area contributed by atoms with E-state index in [9.17, 15) is 27.2 Å². The summed E-state index contributed by atoms with van der Waals surface area (Å²) in [6, 6.07) is 7.49. The average Bonchev–Trinajstić information content (AvgIpc) is 2.71. The molecule has 0 saturated heterocycles. The molecule has 1 atom stereocenters. The lowest BCUT2D eigenvalue weighted by Gasteiger charge is -2.18. The first kappa shape index (κ1) is 21.2. The number of hydrogen-bond acceptors (Lipinski definition) is 4. The number of rotatable bonds is 5. The van der Waals surface area contributed by atoms with Gasteiger partial charge >= 0.3 is 12.1 Å². The zero-order valence-corrected chi connectivity index (χ0v) is 15.9. The summed E-state index contributed by atoms with van der Waals surface area (Å²) in [7, 11) is 1.21. The van der Waals surface area contributed by atoms with E-state index in [0.29, 0.717) is 10.8 Å². The van der Waals surface area contributed by atoms with Crippen molar-refractivity contribution < 1.29 is 31.9 Å². The first-order chi connectivity index (χ1) is 14.1. The van der Waals surface area contributed by atoms with Crippen LogP contribution in [-0.2, 0) is 4.79 Å². The van der Waals surface area contributed by atoms with E-state index in [1.165, 1.54) is 32.4 Å². The molecule has 0 radical (unpaired) electrons. The number of nitrogens with zero attached hydrogens (tertiary/aromatic N) is 1. The van der Waals surface area contributed by atoms with Gasteiger partial charge in [-0.25, -0.2) is 4.39 Å². The van der Waals surface area contributed by atoms with E-state index in [1.807, 2.05) is 0 Å². The third kappa shape index (κ3) is 4.10. The van der Waals surface area contributed by atoms with Gasteiger partial charge in [-0.2, -0.15) is 13.2 Å². The third-order valence-electron chi connectivity index (χ3n) is 4.55. The zero-order valence-electron chi connectivity index (χ0n) is 15.9. The van der Waals surface area contributed by atoms with Gasteiger partial charge in [0.15, 0.2) is 5.78 Å². The van der Waals surface area contributed by atoms with Crippen LogP contribution in [0.2, 0.25) is 0 Å². The number of carbonyl (C=O) groups excluding carboxylic acids is 2. The van der Waals surface area contributed by atoms with E-state index in [4.69, 9.17) is 4.74 Å². The molecule has 0 fully saturated rings. The van der Waals surface area contributed by atoms with Gasteiger partial charge in [-0.3, -0.25) is 14.6 Å². The number of ether oxygens (including phenoxy) is 1. The molecule has 3 aromatic rings. The molecule has 0 spiro atoms. The summed E-state index contributed by atoms with van der Waals surface area (Å²) >= 11 is 0. The van der Waals surface area contributed by atoms with Crippen molar-refractivity contribution in [3.63, 3.8) is 0 Å². The second kappa shape index (κ2) is 8.10. The highest BCUT2D eigenvalue weighted by molar-refractivity contribution is 6.17. The molecule has 0 saturated carbocycles. The monoisotopic (exact) mass is 420 g/mol. The minimum absolute atomic E-state index is 0.0145. The molecular weight excluding hydrogens is 404 g/mol. The summed E-state index contributed by atoms with van der Waals surface area (Å²) in [4.78, 5) is 28.2. The quantitative estimate of drug-likeness (QED) is 0.492. The van der Waals surface area contributed by atoms with E-state index < -0.39 is 29.7 Å². The molecule has 0 aliphatic rings. The topological polar surface area (TPSA) is 68.3 Å². The highest BCUT2D eigenvalue weighted by Gasteiger charge is 2.39. The number of fused-ring (bicyclic) bond motifs is 1. The third-order valence-corrected chi connectivity index (χ3v) is 4.55. The molecule has 30 heavy (non-hydrogen) atoms. The van der Waals surface area contributed by atoms with Crippen molar-refractivity contribution in [2.45, 2.75) is 19.1 Å². The Bertz CT molecular complexity index is 1120. The van der Waals surface area contributed by atoms with Gasteiger partial charge in [-0.05, 0) is 36.1 Å². The minimum atomic E-state index is -5.07. The predicted octanol–water partition coefficient (Wildman–Crippen LogP) is 4.35. The molecule has 1 heterocycles. The smallest absolute Gasteiger partial charge is 0.471 e. The molecule has 1 amide bonds. The highest BCUT2D eigenvalue weighted by atomic mass is 19.4. The lowest BCUT2D eigenvalue weighted by molar-refractivity contribution is -0.174. The molecular formula is C21H16F4N2O3. The van der Waals surface area contributed by atoms with E-state index in [-0.39, 0.29) is 22.4 Å². The molecule has 5 nitrogen and oxygen atoms in total. The summed E-state index contributed by atoms with van der Waals surface area (Å²) in [6.45, 7) is 1.26. The molecule has 0 bridgehead atoms. The maximum Gasteiger partial charge on any atom is 0.471 e. The van der Waals surface area contributed by atoms with Crippen molar-refractivity contribution in [2.24, 2.45) is 0 Å². The number of methoxy groups -OCH3 is 1. The van der Waals surface area contributed by atoms with E-state index in [1.54, 1.807) is 29.7 Å². The Labute approximate surface area is 168 Å². The molecule has 0 aliphatic carbocycles. The maximum absolute atomic E-state index is 14.9. The Hall–Kier alpha value is -3.49. The molecule has 1 N–H and O–H groups in total. The Morgan fingerprint density at radius 1 is 1.17 bits per heavy atom. The van der Waals surface area contributed by atoms with Crippen molar-refractivity contribution in [3.8, 4) is 5.75 Å². The average molecular weight is 420 g/mol. The van der Waals surface area contributed by atoms with Crippen LogP contribution in [0.15, 0.2) is 48.8 Å². The minimum Gasteiger partial charge on any atom is -0.496 e. The summed E-state index contributed by atoms with van der Waals surface area (Å²) in [5.41, 5.74) is -0.126. The molecule has 2 aromatic carbocycles. The van der Waals surface area contributed by atoms with Gasteiger partial charge in [0.05, 0.1) is 13.2 Å². The largest absolute Gasteiger partial charge is 0.496 e. The Morgan fingerprint density at radius 3 is 2.57 bits per heavy atom. The van der Waals surface area contributed by atoms with Gasteiger partial charge in [-0.15, -0.1) is 0 Å². The maximum atomic E-state index is 14.9. The number of alkyl halides is 3. The van der Waals surface area contributed by atoms with Crippen LogP contribution >= 0.6 is 0 Å². The Balaban J connectivity index is 2.02. The van der Waals surface area contributed by atoms with E-state index in [2.05, 4.69) is 4.98 Å². The van der Waals surface area contributed by atoms with Crippen LogP contribution in [0.25, 0.3) is 10.8 Å². The van der Waals surface area contributed by atoms with Crippen molar-refractivity contribution in [1.82, 2.24) is 10.3 Å². The van der Waals surface area contributed by atoms with Crippen LogP contribution in [0.3, 0.4) is 0 Å². The predicted molar refractivity (Wildman–Crippen MR) is 101 cm³/mol. The van der Waals surface area contributed by atoms with E-state index in [0.717, 1.165) is 6.07 Å². The molecule has 156 valence electrons. The van der Waals surface area contributed by atoms with Gasteiger partial charge in [0, 0.05) is 23.3 Å². The highest BCUT2D eigenvalue weighted by Crippen LogP contribution is 2.31. The number of halogens is 4. The van der Waals surface area contributed by atoms with Crippen LogP contribution < -0.4 is 10.1 Å². The van der Waals surface area contributed by atoms with E-state index >= 15 is 0 Å². The number of amides is 1.